The minimum Gasteiger partial charge on any atom is -0.463 e. The Labute approximate surface area is 793 Å². The molecule has 49 heteroatoms. The number of fused-ring (bicyclic) bond motifs is 2. The number of nitrogens with one attached hydrogen (secondary N) is 10. The molecule has 5 aliphatic heterocycles. The Morgan fingerprint density at radius 3 is 1.31 bits per heavy atom. The summed E-state index contributed by atoms with van der Waals surface area (Å²) in [5.74, 6) is -15.5. The van der Waals surface area contributed by atoms with E-state index in [0.29, 0.717) is 4.90 Å². The van der Waals surface area contributed by atoms with Crippen LogP contribution in [0.1, 0.15) is 206 Å². The van der Waals surface area contributed by atoms with Crippen LogP contribution >= 0.6 is 0 Å². The van der Waals surface area contributed by atoms with Gasteiger partial charge in [0.1, 0.15) is 105 Å². The summed E-state index contributed by atoms with van der Waals surface area (Å²) in [5.41, 5.74) is 9.95. The first-order valence-electron chi connectivity index (χ1n) is 45.8. The van der Waals surface area contributed by atoms with Crippen LogP contribution in [-0.4, -0.2) is 334 Å². The molecule has 5 aliphatic rings. The van der Waals surface area contributed by atoms with Gasteiger partial charge in [-0.25, -0.2) is 19.3 Å². The molecule has 0 aromatic rings. The molecule has 0 aromatic heterocycles. The second kappa shape index (κ2) is 58.4. The van der Waals surface area contributed by atoms with Crippen LogP contribution in [0.3, 0.4) is 0 Å². The van der Waals surface area contributed by atoms with Crippen LogP contribution in [0.15, 0.2) is 24.3 Å². The van der Waals surface area contributed by atoms with Gasteiger partial charge in [0.15, 0.2) is 37.0 Å². The lowest BCUT2D eigenvalue weighted by atomic mass is 9.96. The highest BCUT2D eigenvalue weighted by molar-refractivity contribution is 6.04. The van der Waals surface area contributed by atoms with Gasteiger partial charge in [0.25, 0.3) is 5.91 Å². The van der Waals surface area contributed by atoms with Gasteiger partial charge in [-0.2, -0.15) is 0 Å². The van der Waals surface area contributed by atoms with Crippen LogP contribution in [0.5, 0.6) is 0 Å². The van der Waals surface area contributed by atoms with Gasteiger partial charge >= 0.3 is 54.1 Å². The highest BCUT2D eigenvalue weighted by Crippen LogP contribution is 2.32. The topological polar surface area (TPSA) is 661 Å². The fourth-order valence-corrected chi connectivity index (χ4v) is 15.5. The summed E-state index contributed by atoms with van der Waals surface area (Å²) in [6, 6.07) is -15.0. The predicted molar refractivity (Wildman–Crippen MR) is 475 cm³/mol. The van der Waals surface area contributed by atoms with E-state index in [1.807, 2.05) is 0 Å². The molecular formula is C88H137N15O34. The van der Waals surface area contributed by atoms with E-state index in [1.165, 1.54) is 70.7 Å². The van der Waals surface area contributed by atoms with Crippen molar-refractivity contribution in [2.75, 3.05) is 78.9 Å². The standard InChI is InChI=1S/C88H137N15O34/c1-48(2)45-61-77(116)99-60(32-33-68(113)91-38-34-67(90)112)81(120)103(87(124)137-88(12,13)14)64(29-15-18-35-89)82(121)102-40-26-31-63(102)79(118)97-58(27-16-19-36-92-85(122)127-43-23-21-41-125-83-69(95-50(4)104)73(133-56(10)110)71(131-54(8)108)65(135-83)46-129-52(6)106)75(114)94-49(3)80(119)101-39-25-30-62(101)78(117)98-59(76(115)100-61)28-17-20-37-93-86(123)128-44-24-22-42-126-84-70(96-51(5)105)74(134-57(11)111)72(132-55(9)109)66(136-84)47-130-53(7)107/h21-24,48-49,58-66,69-74,83-84H,15-20,25-47,89H2,1-14H3,(H2,90,112)(H,91,113)(H,92,122)(H,93,123)(H,94,114)(H,95,104)(H,96,105)(H,97,118)(H,98,117)(H,99,116)(H,100,115)/b23-21-,24-22-/t49-,58-,59+,60-,61-,62-,63-,64-,65+,66+,69+,70+,71+,72+,73+,74+,83+,84+/m0/s1. The van der Waals surface area contributed by atoms with Gasteiger partial charge in [0.2, 0.25) is 65.0 Å². The summed E-state index contributed by atoms with van der Waals surface area (Å²) in [4.78, 5) is 289. The van der Waals surface area contributed by atoms with Crippen LogP contribution in [0.4, 0.5) is 14.4 Å². The van der Waals surface area contributed by atoms with E-state index in [0.717, 1.165) is 46.4 Å². The zero-order chi connectivity index (χ0) is 102. The molecule has 137 heavy (non-hydrogen) atoms. The third-order valence-corrected chi connectivity index (χ3v) is 21.5. The molecule has 0 unspecified atom stereocenters. The molecule has 5 fully saturated rings. The molecule has 0 aromatic carbocycles. The maximum absolute atomic E-state index is 15.9. The van der Waals surface area contributed by atoms with Gasteiger partial charge in [0.05, 0.1) is 13.2 Å². The number of rotatable bonds is 42. The molecule has 49 nitrogen and oxygen atoms in total. The van der Waals surface area contributed by atoms with Crippen molar-refractivity contribution in [3.05, 3.63) is 24.3 Å². The van der Waals surface area contributed by atoms with Gasteiger partial charge in [-0.3, -0.25) is 86.3 Å². The van der Waals surface area contributed by atoms with Crippen molar-refractivity contribution in [1.29, 1.82) is 0 Å². The van der Waals surface area contributed by atoms with E-state index in [2.05, 4.69) is 53.2 Å². The van der Waals surface area contributed by atoms with Gasteiger partial charge in [0, 0.05) is 101 Å². The second-order valence-corrected chi connectivity index (χ2v) is 34.7. The van der Waals surface area contributed by atoms with Crippen LogP contribution in [-0.2, 0) is 148 Å². The zero-order valence-corrected chi connectivity index (χ0v) is 80.2. The Kier molecular flexibility index (Phi) is 49.1. The van der Waals surface area contributed by atoms with Gasteiger partial charge in [-0.05, 0) is 149 Å². The normalized spacial score (nSPS) is 25.4. The average Bonchev–Trinajstić information content (AvgIpc) is 1.76. The third kappa shape index (κ3) is 40.5. The molecule has 0 saturated carbocycles. The van der Waals surface area contributed by atoms with E-state index in [-0.39, 0.29) is 162 Å². The van der Waals surface area contributed by atoms with Crippen molar-refractivity contribution in [1.82, 2.24) is 67.9 Å². The lowest BCUT2D eigenvalue weighted by Gasteiger charge is -2.44. The van der Waals surface area contributed by atoms with Gasteiger partial charge in [-0.1, -0.05) is 26.0 Å². The Morgan fingerprint density at radius 2 is 0.883 bits per heavy atom. The number of amides is 15. The number of unbranched alkanes of at least 4 members (excludes halogenated alkanes) is 3. The monoisotopic (exact) mass is 1950 g/mol. The summed E-state index contributed by atoms with van der Waals surface area (Å²) < 4.78 is 72.4. The number of hydrogen-bond acceptors (Lipinski definition) is 35. The minimum absolute atomic E-state index is 0.0211. The minimum atomic E-state index is -1.93. The largest absolute Gasteiger partial charge is 0.463 e. The summed E-state index contributed by atoms with van der Waals surface area (Å²) in [7, 11) is 0. The number of nitrogens with zero attached hydrogens (tertiary/aromatic N) is 3. The molecular weight excluding hydrogens is 1810 g/mol. The number of hydrogen-bond donors (Lipinski definition) is 12. The Hall–Kier alpha value is -12.2. The molecule has 5 saturated heterocycles. The highest BCUT2D eigenvalue weighted by Gasteiger charge is 2.54. The fourth-order valence-electron chi connectivity index (χ4n) is 15.5. The molecule has 0 spiro atoms. The van der Waals surface area contributed by atoms with Crippen molar-refractivity contribution in [2.24, 2.45) is 17.4 Å². The molecule has 14 N–H and O–H groups in total. The predicted octanol–water partition coefficient (Wildman–Crippen LogP) is -1.24. The lowest BCUT2D eigenvalue weighted by Crippen LogP contribution is -2.66. The maximum Gasteiger partial charge on any atom is 0.417 e. The summed E-state index contributed by atoms with van der Waals surface area (Å²) in [6.07, 6.45) is -9.71. The molecule has 0 aliphatic carbocycles. The average molecular weight is 1950 g/mol. The quantitative estimate of drug-likeness (QED) is 0.0147. The van der Waals surface area contributed by atoms with Crippen molar-refractivity contribution in [3.63, 3.8) is 0 Å². The Balaban J connectivity index is 1.44. The first-order chi connectivity index (χ1) is 64.7. The number of nitrogens with two attached hydrogens (primary N) is 2. The van der Waals surface area contributed by atoms with E-state index in [9.17, 15) is 71.9 Å². The first kappa shape index (κ1) is 115. The Bertz CT molecular complexity index is 4240. The number of esters is 6. The van der Waals surface area contributed by atoms with Crippen LogP contribution < -0.4 is 64.6 Å². The molecule has 5 rings (SSSR count). The highest BCUT2D eigenvalue weighted by atomic mass is 16.7. The van der Waals surface area contributed by atoms with Crippen LogP contribution in [0.2, 0.25) is 0 Å². The molecule has 18 atom stereocenters. The van der Waals surface area contributed by atoms with E-state index >= 15 is 28.8 Å². The third-order valence-electron chi connectivity index (χ3n) is 21.5. The Morgan fingerprint density at radius 1 is 0.467 bits per heavy atom. The van der Waals surface area contributed by atoms with E-state index in [1.54, 1.807) is 13.8 Å². The fraction of sp³-hybridized carbons (Fsp3) is 0.716. The lowest BCUT2D eigenvalue weighted by molar-refractivity contribution is -0.275. The molecule has 0 radical (unpaired) electrons. The number of imide groups is 1. The smallest absolute Gasteiger partial charge is 0.417 e. The first-order valence-corrected chi connectivity index (χ1v) is 45.8. The molecule has 15 amide bonds. The number of ether oxygens (including phenoxy) is 13. The second-order valence-electron chi connectivity index (χ2n) is 34.7. The van der Waals surface area contributed by atoms with E-state index < -0.39 is 272 Å². The van der Waals surface area contributed by atoms with Gasteiger partial charge < -0.3 is 136 Å². The molecule has 5 heterocycles. The zero-order valence-electron chi connectivity index (χ0n) is 80.2. The number of carbonyl (C=O) groups excluding carboxylic acids is 21. The molecule has 0 bridgehead atoms. The van der Waals surface area contributed by atoms with Crippen molar-refractivity contribution >= 4 is 125 Å². The number of alkyl carbamates (subject to hydrolysis) is 2. The van der Waals surface area contributed by atoms with Crippen molar-refractivity contribution in [3.8, 4) is 0 Å². The van der Waals surface area contributed by atoms with Crippen molar-refractivity contribution < 1.29 is 162 Å². The number of primary amides is 1. The summed E-state index contributed by atoms with van der Waals surface area (Å²) >= 11 is 0. The summed E-state index contributed by atoms with van der Waals surface area (Å²) in [5, 5.41) is 26.4. The number of carbonyl (C=O) groups is 21. The SMILES string of the molecule is CC(=O)N[C@H]1[C@H](OC/C=C\COC(=O)NCCCC[C@@H]2NC(=O)[C@@H]3CCCN3C(=O)[C@H](CCCCN)N(C(=O)OC(C)(C)C)C(=O)[C@H](CCC(=O)NCCC(N)=O)NC(=O)[C@H](CC(C)C)NC(=O)[C@@H](CCCCNC(=O)OC/C=C\CO[C@@H]3O[C@H](COC(C)=O)[C@@H](OC(C)=O)[C@H](OC(C)=O)[C@H]3NC(C)=O)NC(=O)[C@@H]3CCCN3C(=O)[C@H](C)NC2=O)O[C@H](COC(C)=O)[C@@H](OC(C)=O)[C@@H]1OC(C)=O. The maximum atomic E-state index is 15.9. The van der Waals surface area contributed by atoms with Crippen molar-refractivity contribution in [2.45, 2.75) is 321 Å². The molecule has 768 valence electrons. The van der Waals surface area contributed by atoms with Crippen LogP contribution in [0, 0.1) is 5.92 Å². The van der Waals surface area contributed by atoms with E-state index in [4.69, 9.17) is 73.0 Å². The summed E-state index contributed by atoms with van der Waals surface area (Å²) in [6.45, 7) is 15.4. The van der Waals surface area contributed by atoms with Crippen LogP contribution in [0.25, 0.3) is 0 Å². The van der Waals surface area contributed by atoms with Gasteiger partial charge in [-0.15, -0.1) is 0 Å².